The van der Waals surface area contributed by atoms with E-state index in [1.807, 2.05) is 12.4 Å². The lowest BCUT2D eigenvalue weighted by Crippen LogP contribution is -2.46. The minimum absolute atomic E-state index is 0.213. The van der Waals surface area contributed by atoms with Crippen molar-refractivity contribution in [3.63, 3.8) is 0 Å². The lowest BCUT2D eigenvalue weighted by atomic mass is 9.85. The van der Waals surface area contributed by atoms with Gasteiger partial charge in [-0.15, -0.1) is 0 Å². The van der Waals surface area contributed by atoms with Crippen molar-refractivity contribution in [1.29, 1.82) is 0 Å². The minimum Gasteiger partial charge on any atom is -0.302 e. The van der Waals surface area contributed by atoms with E-state index in [2.05, 4.69) is 82.7 Å². The van der Waals surface area contributed by atoms with Gasteiger partial charge in [-0.05, 0) is 41.2 Å². The normalized spacial score (nSPS) is 21.9. The molecule has 0 spiro atoms. The standard InChI is InChI=1S/C24H24N2/c1-3-7-21(8-4-1)24(22-9-5-2-6-10-22)15-23(24)18-26-16-20(17-26)19-11-13-25-14-12-19/h1-14,20,23H,15-18H2. The van der Waals surface area contributed by atoms with Crippen molar-refractivity contribution in [1.82, 2.24) is 9.88 Å². The van der Waals surface area contributed by atoms with Crippen molar-refractivity contribution < 1.29 is 0 Å². The Hall–Kier alpha value is -2.45. The second-order valence-electron chi connectivity index (χ2n) is 7.80. The molecule has 1 aliphatic heterocycles. The molecular weight excluding hydrogens is 316 g/mol. The van der Waals surface area contributed by atoms with Crippen LogP contribution in [0.15, 0.2) is 85.2 Å². The van der Waals surface area contributed by atoms with Crippen LogP contribution in [0.5, 0.6) is 0 Å². The molecular formula is C24H24N2. The molecule has 1 saturated carbocycles. The second kappa shape index (κ2) is 6.37. The highest BCUT2D eigenvalue weighted by molar-refractivity contribution is 5.47. The average Bonchev–Trinajstić information content (AvgIpc) is 3.42. The highest BCUT2D eigenvalue weighted by Gasteiger charge is 2.56. The maximum atomic E-state index is 4.14. The summed E-state index contributed by atoms with van der Waals surface area (Å²) < 4.78 is 0. The van der Waals surface area contributed by atoms with Crippen molar-refractivity contribution in [3.05, 3.63) is 102 Å². The fraction of sp³-hybridized carbons (Fsp3) is 0.292. The number of hydrogen-bond acceptors (Lipinski definition) is 2. The van der Waals surface area contributed by atoms with E-state index < -0.39 is 0 Å². The van der Waals surface area contributed by atoms with Crippen molar-refractivity contribution in [2.24, 2.45) is 5.92 Å². The SMILES string of the molecule is c1ccc(C2(c3ccccc3)CC2CN2CC(c3ccncc3)C2)cc1. The van der Waals surface area contributed by atoms with Gasteiger partial charge < -0.3 is 4.90 Å². The topological polar surface area (TPSA) is 16.1 Å². The molecule has 3 aromatic rings. The van der Waals surface area contributed by atoms with Crippen LogP contribution in [0.1, 0.15) is 29.0 Å². The predicted molar refractivity (Wildman–Crippen MR) is 105 cm³/mol. The van der Waals surface area contributed by atoms with E-state index in [9.17, 15) is 0 Å². The van der Waals surface area contributed by atoms with Crippen LogP contribution in [0.2, 0.25) is 0 Å². The predicted octanol–water partition coefficient (Wildman–Crippen LogP) is 4.49. The van der Waals surface area contributed by atoms with E-state index in [4.69, 9.17) is 0 Å². The first-order chi connectivity index (χ1) is 12.9. The fourth-order valence-electron chi connectivity index (χ4n) is 4.77. The zero-order valence-corrected chi connectivity index (χ0v) is 15.0. The maximum Gasteiger partial charge on any atom is 0.0270 e. The summed E-state index contributed by atoms with van der Waals surface area (Å²) in [4.78, 5) is 6.76. The van der Waals surface area contributed by atoms with Gasteiger partial charge >= 0.3 is 0 Å². The first kappa shape index (κ1) is 15.8. The first-order valence-electron chi connectivity index (χ1n) is 9.59. The Balaban J connectivity index is 1.32. The molecule has 2 nitrogen and oxygen atoms in total. The third-order valence-electron chi connectivity index (χ3n) is 6.30. The summed E-state index contributed by atoms with van der Waals surface area (Å²) >= 11 is 0. The Morgan fingerprint density at radius 1 is 0.808 bits per heavy atom. The van der Waals surface area contributed by atoms with Gasteiger partial charge in [0.1, 0.15) is 0 Å². The van der Waals surface area contributed by atoms with Crippen LogP contribution >= 0.6 is 0 Å². The van der Waals surface area contributed by atoms with Crippen molar-refractivity contribution in [2.75, 3.05) is 19.6 Å². The zero-order valence-electron chi connectivity index (χ0n) is 15.0. The molecule has 1 atom stereocenters. The van der Waals surface area contributed by atoms with Gasteiger partial charge in [0.05, 0.1) is 0 Å². The number of nitrogens with zero attached hydrogens (tertiary/aromatic N) is 2. The van der Waals surface area contributed by atoms with Gasteiger partial charge in [-0.2, -0.15) is 0 Å². The summed E-state index contributed by atoms with van der Waals surface area (Å²) in [5, 5.41) is 0. The van der Waals surface area contributed by atoms with E-state index in [0.717, 1.165) is 0 Å². The third-order valence-corrected chi connectivity index (χ3v) is 6.30. The molecule has 26 heavy (non-hydrogen) atoms. The lowest BCUT2D eigenvalue weighted by Gasteiger charge is -2.40. The average molecular weight is 340 g/mol. The number of benzene rings is 2. The Morgan fingerprint density at radius 3 is 1.96 bits per heavy atom. The summed E-state index contributed by atoms with van der Waals surface area (Å²) in [5.41, 5.74) is 4.60. The Bertz CT molecular complexity index is 815. The van der Waals surface area contributed by atoms with Gasteiger partial charge in [0.15, 0.2) is 0 Å². The van der Waals surface area contributed by atoms with Crippen LogP contribution in [0.3, 0.4) is 0 Å². The molecule has 1 saturated heterocycles. The molecule has 1 unspecified atom stereocenters. The van der Waals surface area contributed by atoms with Crippen molar-refractivity contribution >= 4 is 0 Å². The van der Waals surface area contributed by atoms with Crippen molar-refractivity contribution in [2.45, 2.75) is 17.8 Å². The van der Waals surface area contributed by atoms with Gasteiger partial charge in [0.25, 0.3) is 0 Å². The quantitative estimate of drug-likeness (QED) is 0.680. The molecule has 0 radical (unpaired) electrons. The highest BCUT2D eigenvalue weighted by atomic mass is 15.2. The Labute approximate surface area is 155 Å². The molecule has 0 bridgehead atoms. The molecule has 2 fully saturated rings. The molecule has 5 rings (SSSR count). The minimum atomic E-state index is 0.213. The molecule has 1 aromatic heterocycles. The monoisotopic (exact) mass is 340 g/mol. The summed E-state index contributed by atoms with van der Waals surface area (Å²) in [5.74, 6) is 1.39. The van der Waals surface area contributed by atoms with E-state index in [-0.39, 0.29) is 5.41 Å². The second-order valence-corrected chi connectivity index (χ2v) is 7.80. The van der Waals surface area contributed by atoms with E-state index in [1.165, 1.54) is 42.7 Å². The van der Waals surface area contributed by atoms with Crippen LogP contribution in [0.4, 0.5) is 0 Å². The van der Waals surface area contributed by atoms with E-state index in [0.29, 0.717) is 11.8 Å². The highest BCUT2D eigenvalue weighted by Crippen LogP contribution is 2.59. The van der Waals surface area contributed by atoms with Gasteiger partial charge in [-0.3, -0.25) is 4.98 Å². The van der Waals surface area contributed by atoms with Crippen molar-refractivity contribution in [3.8, 4) is 0 Å². The number of aromatic nitrogens is 1. The maximum absolute atomic E-state index is 4.14. The first-order valence-corrected chi connectivity index (χ1v) is 9.59. The van der Waals surface area contributed by atoms with Crippen LogP contribution in [-0.4, -0.2) is 29.5 Å². The van der Waals surface area contributed by atoms with Crippen LogP contribution in [0.25, 0.3) is 0 Å². The zero-order chi connectivity index (χ0) is 17.4. The number of hydrogen-bond donors (Lipinski definition) is 0. The molecule has 2 aromatic carbocycles. The Kier molecular flexibility index (Phi) is 3.86. The molecule has 0 amide bonds. The lowest BCUT2D eigenvalue weighted by molar-refractivity contribution is 0.138. The molecule has 2 heteroatoms. The number of rotatable bonds is 5. The smallest absolute Gasteiger partial charge is 0.0270 e. The van der Waals surface area contributed by atoms with Gasteiger partial charge in [0.2, 0.25) is 0 Å². The molecule has 2 aliphatic rings. The summed E-state index contributed by atoms with van der Waals surface area (Å²) in [6.45, 7) is 3.56. The van der Waals surface area contributed by atoms with Gasteiger partial charge in [0, 0.05) is 43.4 Å². The summed E-state index contributed by atoms with van der Waals surface area (Å²) in [6, 6.07) is 26.5. The number of pyridine rings is 1. The van der Waals surface area contributed by atoms with Crippen LogP contribution < -0.4 is 0 Å². The van der Waals surface area contributed by atoms with E-state index in [1.54, 1.807) is 0 Å². The molecule has 2 heterocycles. The Morgan fingerprint density at radius 2 is 1.38 bits per heavy atom. The van der Waals surface area contributed by atoms with E-state index >= 15 is 0 Å². The summed E-state index contributed by atoms with van der Waals surface area (Å²) in [6.07, 6.45) is 5.08. The fourth-order valence-corrected chi connectivity index (χ4v) is 4.77. The van der Waals surface area contributed by atoms with Crippen LogP contribution in [-0.2, 0) is 5.41 Å². The molecule has 0 N–H and O–H groups in total. The largest absolute Gasteiger partial charge is 0.302 e. The third kappa shape index (κ3) is 2.65. The van der Waals surface area contributed by atoms with Crippen LogP contribution in [0, 0.1) is 5.92 Å². The number of likely N-dealkylation sites (tertiary alicyclic amines) is 1. The van der Waals surface area contributed by atoms with Gasteiger partial charge in [-0.1, -0.05) is 60.7 Å². The van der Waals surface area contributed by atoms with Gasteiger partial charge in [-0.25, -0.2) is 0 Å². The molecule has 130 valence electrons. The summed E-state index contributed by atoms with van der Waals surface area (Å²) in [7, 11) is 0. The molecule has 1 aliphatic carbocycles.